The highest BCUT2D eigenvalue weighted by Gasteiger charge is 2.11. The minimum Gasteiger partial charge on any atom is -0.485 e. The number of pyridine rings is 2. The first kappa shape index (κ1) is 11.3. The molecule has 19 heavy (non-hydrogen) atoms. The van der Waals surface area contributed by atoms with E-state index in [1.54, 1.807) is 0 Å². The standard InChI is InChI=1S/C11H9FN6O/c12-6-2-1-3-14-7(6)5-19-8-4-9(13)15-11-10(8)16-18-17-11/h1-4H,5H2,(H3,13,15,16,17,18). The first-order valence-corrected chi connectivity index (χ1v) is 5.43. The number of fused-ring (bicyclic) bond motifs is 1. The molecule has 0 bridgehead atoms. The maximum Gasteiger partial charge on any atom is 0.181 e. The van der Waals surface area contributed by atoms with Crippen LogP contribution in [-0.2, 0) is 6.61 Å². The van der Waals surface area contributed by atoms with E-state index in [2.05, 4.69) is 25.4 Å². The Balaban J connectivity index is 1.90. The fourth-order valence-electron chi connectivity index (χ4n) is 1.61. The van der Waals surface area contributed by atoms with Crippen LogP contribution in [0.2, 0.25) is 0 Å². The lowest BCUT2D eigenvalue weighted by Crippen LogP contribution is -2.02. The summed E-state index contributed by atoms with van der Waals surface area (Å²) in [4.78, 5) is 7.89. The number of hydrogen-bond donors (Lipinski definition) is 2. The number of aromatic amines is 1. The molecule has 3 rings (SSSR count). The predicted octanol–water partition coefficient (Wildman–Crippen LogP) is 1.05. The van der Waals surface area contributed by atoms with Gasteiger partial charge in [-0.15, -0.1) is 5.10 Å². The van der Waals surface area contributed by atoms with Gasteiger partial charge < -0.3 is 10.5 Å². The molecule has 0 fully saturated rings. The number of ether oxygens (including phenoxy) is 1. The van der Waals surface area contributed by atoms with E-state index in [1.807, 2.05) is 0 Å². The van der Waals surface area contributed by atoms with E-state index in [0.29, 0.717) is 16.9 Å². The molecule has 96 valence electrons. The number of aromatic nitrogens is 5. The molecule has 7 nitrogen and oxygen atoms in total. The van der Waals surface area contributed by atoms with Crippen LogP contribution >= 0.6 is 0 Å². The first-order valence-electron chi connectivity index (χ1n) is 5.43. The first-order chi connectivity index (χ1) is 9.24. The number of H-pyrrole nitrogens is 1. The Morgan fingerprint density at radius 2 is 2.32 bits per heavy atom. The third kappa shape index (κ3) is 2.15. The fraction of sp³-hybridized carbons (Fsp3) is 0.0909. The molecule has 0 aliphatic heterocycles. The van der Waals surface area contributed by atoms with Gasteiger partial charge in [-0.2, -0.15) is 0 Å². The van der Waals surface area contributed by atoms with Gasteiger partial charge in [0.25, 0.3) is 0 Å². The summed E-state index contributed by atoms with van der Waals surface area (Å²) in [5.41, 5.74) is 6.68. The number of anilines is 1. The summed E-state index contributed by atoms with van der Waals surface area (Å²) < 4.78 is 18.9. The maximum atomic E-state index is 13.4. The molecule has 3 N–H and O–H groups in total. The zero-order valence-corrected chi connectivity index (χ0v) is 9.67. The van der Waals surface area contributed by atoms with Crippen molar-refractivity contribution in [2.75, 3.05) is 5.73 Å². The number of halogens is 1. The Hall–Kier alpha value is -2.77. The minimum absolute atomic E-state index is 0.0297. The van der Waals surface area contributed by atoms with Crippen molar-refractivity contribution in [1.29, 1.82) is 0 Å². The molecule has 0 aromatic carbocycles. The maximum absolute atomic E-state index is 13.4. The van der Waals surface area contributed by atoms with Crippen molar-refractivity contribution in [2.45, 2.75) is 6.61 Å². The summed E-state index contributed by atoms with van der Waals surface area (Å²) in [5.74, 6) is 0.206. The predicted molar refractivity (Wildman–Crippen MR) is 64.6 cm³/mol. The zero-order valence-electron chi connectivity index (χ0n) is 9.67. The van der Waals surface area contributed by atoms with Crippen LogP contribution in [0.25, 0.3) is 11.2 Å². The number of nitrogen functional groups attached to an aromatic ring is 1. The van der Waals surface area contributed by atoms with Gasteiger partial charge in [0.15, 0.2) is 16.9 Å². The van der Waals surface area contributed by atoms with Gasteiger partial charge in [0.2, 0.25) is 0 Å². The molecule has 3 heterocycles. The van der Waals surface area contributed by atoms with Crippen LogP contribution in [0.4, 0.5) is 10.2 Å². The van der Waals surface area contributed by atoms with E-state index < -0.39 is 5.82 Å². The van der Waals surface area contributed by atoms with Gasteiger partial charge in [0, 0.05) is 12.3 Å². The van der Waals surface area contributed by atoms with Crippen LogP contribution < -0.4 is 10.5 Å². The van der Waals surface area contributed by atoms with Gasteiger partial charge in [-0.25, -0.2) is 14.5 Å². The van der Waals surface area contributed by atoms with Crippen LogP contribution in [0, 0.1) is 5.82 Å². The van der Waals surface area contributed by atoms with E-state index in [4.69, 9.17) is 10.5 Å². The Kier molecular flexibility index (Phi) is 2.67. The summed E-state index contributed by atoms with van der Waals surface area (Å²) in [5, 5.41) is 10.0. The third-order valence-corrected chi connectivity index (χ3v) is 2.48. The lowest BCUT2D eigenvalue weighted by molar-refractivity contribution is 0.297. The molecule has 3 aromatic heterocycles. The summed E-state index contributed by atoms with van der Waals surface area (Å²) in [6.07, 6.45) is 1.49. The average molecular weight is 260 g/mol. The van der Waals surface area contributed by atoms with Crippen LogP contribution in [0.15, 0.2) is 24.4 Å². The molecular weight excluding hydrogens is 251 g/mol. The second-order valence-corrected chi connectivity index (χ2v) is 3.77. The highest BCUT2D eigenvalue weighted by atomic mass is 19.1. The fourth-order valence-corrected chi connectivity index (χ4v) is 1.61. The molecule has 0 amide bonds. The molecule has 0 saturated heterocycles. The van der Waals surface area contributed by atoms with E-state index >= 15 is 0 Å². The zero-order chi connectivity index (χ0) is 13.2. The summed E-state index contributed by atoms with van der Waals surface area (Å²) >= 11 is 0. The Morgan fingerprint density at radius 1 is 1.42 bits per heavy atom. The molecule has 0 aliphatic rings. The number of rotatable bonds is 3. The van der Waals surface area contributed by atoms with Gasteiger partial charge in [0.05, 0.1) is 0 Å². The molecular formula is C11H9FN6O. The third-order valence-electron chi connectivity index (χ3n) is 2.48. The number of nitrogens with zero attached hydrogens (tertiary/aromatic N) is 4. The Bertz CT molecular complexity index is 728. The second kappa shape index (κ2) is 4.48. The lowest BCUT2D eigenvalue weighted by Gasteiger charge is -2.06. The van der Waals surface area contributed by atoms with Crippen molar-refractivity contribution in [3.05, 3.63) is 35.9 Å². The van der Waals surface area contributed by atoms with Crippen molar-refractivity contribution < 1.29 is 9.13 Å². The Labute approximate surface area is 106 Å². The quantitative estimate of drug-likeness (QED) is 0.729. The van der Waals surface area contributed by atoms with Gasteiger partial charge in [0.1, 0.15) is 23.9 Å². The van der Waals surface area contributed by atoms with E-state index in [0.717, 1.165) is 0 Å². The van der Waals surface area contributed by atoms with Crippen molar-refractivity contribution in [3.63, 3.8) is 0 Å². The van der Waals surface area contributed by atoms with Crippen LogP contribution in [-0.4, -0.2) is 25.4 Å². The average Bonchev–Trinajstić information content (AvgIpc) is 2.85. The lowest BCUT2D eigenvalue weighted by atomic mass is 10.3. The molecule has 0 spiro atoms. The van der Waals surface area contributed by atoms with Crippen molar-refractivity contribution in [3.8, 4) is 5.75 Å². The van der Waals surface area contributed by atoms with Crippen molar-refractivity contribution >= 4 is 17.0 Å². The minimum atomic E-state index is -0.430. The molecule has 0 atom stereocenters. The molecule has 0 unspecified atom stereocenters. The molecule has 8 heteroatoms. The number of hydrogen-bond acceptors (Lipinski definition) is 6. The van der Waals surface area contributed by atoms with Gasteiger partial charge in [-0.05, 0) is 12.1 Å². The van der Waals surface area contributed by atoms with Gasteiger partial charge in [-0.1, -0.05) is 5.21 Å². The highest BCUT2D eigenvalue weighted by Crippen LogP contribution is 2.23. The monoisotopic (exact) mass is 260 g/mol. The smallest absolute Gasteiger partial charge is 0.181 e. The second-order valence-electron chi connectivity index (χ2n) is 3.77. The van der Waals surface area contributed by atoms with Crippen molar-refractivity contribution in [1.82, 2.24) is 25.4 Å². The topological polar surface area (TPSA) is 103 Å². The van der Waals surface area contributed by atoms with Crippen LogP contribution in [0.5, 0.6) is 5.75 Å². The largest absolute Gasteiger partial charge is 0.485 e. The van der Waals surface area contributed by atoms with Gasteiger partial charge >= 0.3 is 0 Å². The van der Waals surface area contributed by atoms with E-state index in [-0.39, 0.29) is 18.1 Å². The summed E-state index contributed by atoms with van der Waals surface area (Å²) in [6, 6.07) is 4.34. The normalized spacial score (nSPS) is 10.8. The number of nitrogens with two attached hydrogens (primary N) is 1. The molecule has 0 saturated carbocycles. The van der Waals surface area contributed by atoms with Gasteiger partial charge in [-0.3, -0.25) is 4.98 Å². The summed E-state index contributed by atoms with van der Waals surface area (Å²) in [7, 11) is 0. The summed E-state index contributed by atoms with van der Waals surface area (Å²) in [6.45, 7) is -0.0297. The van der Waals surface area contributed by atoms with E-state index in [9.17, 15) is 4.39 Å². The Morgan fingerprint density at radius 3 is 3.16 bits per heavy atom. The number of nitrogens with one attached hydrogen (secondary N) is 1. The van der Waals surface area contributed by atoms with Crippen molar-refractivity contribution in [2.24, 2.45) is 0 Å². The molecule has 0 radical (unpaired) electrons. The van der Waals surface area contributed by atoms with E-state index in [1.165, 1.54) is 24.4 Å². The highest BCUT2D eigenvalue weighted by molar-refractivity contribution is 5.78. The van der Waals surface area contributed by atoms with Crippen LogP contribution in [0.3, 0.4) is 0 Å². The van der Waals surface area contributed by atoms with Crippen LogP contribution in [0.1, 0.15) is 5.69 Å². The molecule has 0 aliphatic carbocycles. The SMILES string of the molecule is Nc1cc(OCc2ncccc2F)c2nn[nH]c2n1. The molecule has 3 aromatic rings.